The van der Waals surface area contributed by atoms with Crippen molar-refractivity contribution in [2.45, 2.75) is 51.4 Å². The van der Waals surface area contributed by atoms with Crippen molar-refractivity contribution in [3.8, 4) is 0 Å². The summed E-state index contributed by atoms with van der Waals surface area (Å²) in [6, 6.07) is -0.0163. The second-order valence-electron chi connectivity index (χ2n) is 4.60. The highest BCUT2D eigenvalue weighted by Gasteiger charge is 2.26. The standard InChI is InChI=1S/C11H19F3N4/c1-8(5-4-6-11(12,13)14)16-9(2)10-17-15-7-18(10)3/h7-9,16H,4-6H2,1-3H3. The van der Waals surface area contributed by atoms with Crippen LogP contribution in [0.2, 0.25) is 0 Å². The molecule has 0 saturated heterocycles. The zero-order chi connectivity index (χ0) is 13.8. The molecule has 0 aliphatic rings. The summed E-state index contributed by atoms with van der Waals surface area (Å²) in [6.45, 7) is 3.80. The average Bonchev–Trinajstić information content (AvgIpc) is 2.62. The van der Waals surface area contributed by atoms with E-state index in [0.717, 1.165) is 5.82 Å². The van der Waals surface area contributed by atoms with Crippen molar-refractivity contribution in [3.63, 3.8) is 0 Å². The van der Waals surface area contributed by atoms with Crippen LogP contribution in [0, 0.1) is 0 Å². The highest BCUT2D eigenvalue weighted by Crippen LogP contribution is 2.23. The first-order valence-corrected chi connectivity index (χ1v) is 5.96. The van der Waals surface area contributed by atoms with Crippen molar-refractivity contribution >= 4 is 0 Å². The molecular formula is C11H19F3N4. The summed E-state index contributed by atoms with van der Waals surface area (Å²) in [7, 11) is 1.84. The van der Waals surface area contributed by atoms with Crippen molar-refractivity contribution in [2.24, 2.45) is 7.05 Å². The minimum absolute atomic E-state index is 0.0130. The third-order valence-corrected chi connectivity index (χ3v) is 2.77. The number of aromatic nitrogens is 3. The maximum atomic E-state index is 12.0. The minimum atomic E-state index is -4.06. The SMILES string of the molecule is CC(CCCC(F)(F)F)NC(C)c1nncn1C. The lowest BCUT2D eigenvalue weighted by Crippen LogP contribution is -2.30. The van der Waals surface area contributed by atoms with Crippen molar-refractivity contribution in [1.29, 1.82) is 0 Å². The van der Waals surface area contributed by atoms with Gasteiger partial charge in [-0.2, -0.15) is 13.2 Å². The van der Waals surface area contributed by atoms with E-state index in [4.69, 9.17) is 0 Å². The number of halogens is 3. The van der Waals surface area contributed by atoms with Crippen LogP contribution < -0.4 is 5.32 Å². The fraction of sp³-hybridized carbons (Fsp3) is 0.818. The van der Waals surface area contributed by atoms with E-state index >= 15 is 0 Å². The highest BCUT2D eigenvalue weighted by molar-refractivity contribution is 4.92. The Kier molecular flexibility index (Phi) is 5.13. The van der Waals surface area contributed by atoms with Crippen LogP contribution in [0.5, 0.6) is 0 Å². The lowest BCUT2D eigenvalue weighted by molar-refractivity contribution is -0.135. The zero-order valence-corrected chi connectivity index (χ0v) is 10.8. The quantitative estimate of drug-likeness (QED) is 0.858. The van der Waals surface area contributed by atoms with E-state index in [1.165, 1.54) is 0 Å². The monoisotopic (exact) mass is 264 g/mol. The topological polar surface area (TPSA) is 42.7 Å². The second-order valence-corrected chi connectivity index (χ2v) is 4.60. The Bertz CT molecular complexity index is 361. The van der Waals surface area contributed by atoms with E-state index in [2.05, 4.69) is 15.5 Å². The number of rotatable bonds is 6. The highest BCUT2D eigenvalue weighted by atomic mass is 19.4. The van der Waals surface area contributed by atoms with Gasteiger partial charge in [0.25, 0.3) is 0 Å². The molecule has 0 amide bonds. The van der Waals surface area contributed by atoms with Crippen LogP contribution in [-0.4, -0.2) is 27.0 Å². The summed E-state index contributed by atoms with van der Waals surface area (Å²) in [6.07, 6.45) is -2.56. The molecule has 1 heterocycles. The number of alkyl halides is 3. The molecule has 0 aromatic carbocycles. The van der Waals surface area contributed by atoms with Gasteiger partial charge >= 0.3 is 6.18 Å². The van der Waals surface area contributed by atoms with E-state index < -0.39 is 12.6 Å². The van der Waals surface area contributed by atoms with Crippen LogP contribution in [0.25, 0.3) is 0 Å². The fourth-order valence-corrected chi connectivity index (χ4v) is 1.88. The summed E-state index contributed by atoms with van der Waals surface area (Å²) in [5, 5.41) is 10.9. The Balaban J connectivity index is 2.32. The predicted octanol–water partition coefficient (Wildman–Crippen LogP) is 2.59. The summed E-state index contributed by atoms with van der Waals surface area (Å²) in [4.78, 5) is 0. The molecule has 1 aromatic heterocycles. The molecule has 2 atom stereocenters. The Morgan fingerprint density at radius 1 is 1.39 bits per heavy atom. The smallest absolute Gasteiger partial charge is 0.319 e. The number of nitrogens with zero attached hydrogens (tertiary/aromatic N) is 3. The molecule has 18 heavy (non-hydrogen) atoms. The normalized spacial score (nSPS) is 15.7. The number of hydrogen-bond donors (Lipinski definition) is 1. The van der Waals surface area contributed by atoms with Gasteiger partial charge < -0.3 is 9.88 Å². The molecule has 0 saturated carbocycles. The largest absolute Gasteiger partial charge is 0.389 e. The molecule has 0 aliphatic carbocycles. The molecule has 4 nitrogen and oxygen atoms in total. The van der Waals surface area contributed by atoms with Crippen LogP contribution in [0.1, 0.15) is 45.0 Å². The van der Waals surface area contributed by atoms with Gasteiger partial charge in [-0.15, -0.1) is 10.2 Å². The van der Waals surface area contributed by atoms with Crippen molar-refractivity contribution in [3.05, 3.63) is 12.2 Å². The summed E-state index contributed by atoms with van der Waals surface area (Å²) in [5.41, 5.74) is 0. The van der Waals surface area contributed by atoms with Gasteiger partial charge in [0, 0.05) is 19.5 Å². The fourth-order valence-electron chi connectivity index (χ4n) is 1.88. The average molecular weight is 264 g/mol. The lowest BCUT2D eigenvalue weighted by Gasteiger charge is -2.19. The molecule has 1 rings (SSSR count). The van der Waals surface area contributed by atoms with Gasteiger partial charge in [0.1, 0.15) is 12.2 Å². The molecule has 104 valence electrons. The molecule has 2 unspecified atom stereocenters. The number of nitrogens with one attached hydrogen (secondary N) is 1. The molecule has 0 bridgehead atoms. The molecule has 7 heteroatoms. The van der Waals surface area contributed by atoms with E-state index in [1.807, 2.05) is 20.9 Å². The first-order valence-electron chi connectivity index (χ1n) is 5.96. The van der Waals surface area contributed by atoms with Gasteiger partial charge in [-0.25, -0.2) is 0 Å². The van der Waals surface area contributed by atoms with Crippen LogP contribution >= 0.6 is 0 Å². The van der Waals surface area contributed by atoms with E-state index in [-0.39, 0.29) is 18.5 Å². The maximum absolute atomic E-state index is 12.0. The van der Waals surface area contributed by atoms with Gasteiger partial charge in [-0.1, -0.05) is 0 Å². The first kappa shape index (κ1) is 14.9. The maximum Gasteiger partial charge on any atom is 0.389 e. The number of aryl methyl sites for hydroxylation is 1. The lowest BCUT2D eigenvalue weighted by atomic mass is 10.1. The van der Waals surface area contributed by atoms with Gasteiger partial charge in [-0.05, 0) is 26.7 Å². The van der Waals surface area contributed by atoms with E-state index in [9.17, 15) is 13.2 Å². The third kappa shape index (κ3) is 5.03. The van der Waals surface area contributed by atoms with Crippen molar-refractivity contribution < 1.29 is 13.2 Å². The molecule has 0 aliphatic heterocycles. The second kappa shape index (κ2) is 6.17. The Labute approximate surface area is 105 Å². The van der Waals surface area contributed by atoms with Gasteiger partial charge in [-0.3, -0.25) is 0 Å². The van der Waals surface area contributed by atoms with Gasteiger partial charge in [0.05, 0.1) is 6.04 Å². The number of hydrogen-bond acceptors (Lipinski definition) is 3. The Morgan fingerprint density at radius 3 is 2.56 bits per heavy atom. The minimum Gasteiger partial charge on any atom is -0.319 e. The van der Waals surface area contributed by atoms with Crippen molar-refractivity contribution in [2.75, 3.05) is 0 Å². The van der Waals surface area contributed by atoms with Gasteiger partial charge in [0.2, 0.25) is 0 Å². The van der Waals surface area contributed by atoms with Gasteiger partial charge in [0.15, 0.2) is 0 Å². The van der Waals surface area contributed by atoms with Crippen LogP contribution in [0.3, 0.4) is 0 Å². The molecular weight excluding hydrogens is 245 g/mol. The summed E-state index contributed by atoms with van der Waals surface area (Å²) < 4.78 is 37.8. The molecule has 1 N–H and O–H groups in total. The predicted molar refractivity (Wildman–Crippen MR) is 61.9 cm³/mol. The van der Waals surface area contributed by atoms with E-state index in [1.54, 1.807) is 10.9 Å². The molecule has 1 aromatic rings. The summed E-state index contributed by atoms with van der Waals surface area (Å²) in [5.74, 6) is 0.776. The first-order chi connectivity index (χ1) is 8.29. The Hall–Kier alpha value is -1.11. The molecule has 0 spiro atoms. The molecule has 0 fully saturated rings. The summed E-state index contributed by atoms with van der Waals surface area (Å²) >= 11 is 0. The van der Waals surface area contributed by atoms with E-state index in [0.29, 0.717) is 6.42 Å². The van der Waals surface area contributed by atoms with Crippen LogP contribution in [0.15, 0.2) is 6.33 Å². The Morgan fingerprint density at radius 2 is 2.06 bits per heavy atom. The van der Waals surface area contributed by atoms with Crippen LogP contribution in [0.4, 0.5) is 13.2 Å². The molecule has 0 radical (unpaired) electrons. The zero-order valence-electron chi connectivity index (χ0n) is 10.8. The third-order valence-electron chi connectivity index (χ3n) is 2.77. The van der Waals surface area contributed by atoms with Crippen LogP contribution in [-0.2, 0) is 7.05 Å². The van der Waals surface area contributed by atoms with Crippen molar-refractivity contribution in [1.82, 2.24) is 20.1 Å².